The lowest BCUT2D eigenvalue weighted by Gasteiger charge is -2.41. The summed E-state index contributed by atoms with van der Waals surface area (Å²) in [6, 6.07) is 7.16. The second-order valence-electron chi connectivity index (χ2n) is 7.40. The standard InChI is InChI=1S/C21H29N3O4.ClH/c1-28-18-9-7-16(8-10-18)19(25)5-2-6-20(26)23-12-3-4-17(15-23)24-13-11-22-14-21(24)27;/h7-10,17,22H,2-6,11-15H2,1H3;1H. The van der Waals surface area contributed by atoms with Crippen LogP contribution in [0.4, 0.5) is 0 Å². The van der Waals surface area contributed by atoms with E-state index < -0.39 is 0 Å². The Morgan fingerprint density at radius 3 is 2.62 bits per heavy atom. The summed E-state index contributed by atoms with van der Waals surface area (Å²) in [6.45, 7) is 3.25. The molecule has 1 N–H and O–H groups in total. The number of carbonyl (C=O) groups is 3. The molecule has 0 radical (unpaired) electrons. The third-order valence-electron chi connectivity index (χ3n) is 5.52. The van der Waals surface area contributed by atoms with Crippen LogP contribution in [0.1, 0.15) is 42.5 Å². The number of ether oxygens (including phenoxy) is 1. The first-order valence-corrected chi connectivity index (χ1v) is 10.0. The molecule has 0 aliphatic carbocycles. The Bertz CT molecular complexity index is 710. The number of piperazine rings is 1. The number of Topliss-reactive ketones (excluding diaryl/α,β-unsaturated/α-hetero) is 1. The highest BCUT2D eigenvalue weighted by Gasteiger charge is 2.31. The summed E-state index contributed by atoms with van der Waals surface area (Å²) in [6.07, 6.45) is 3.12. The van der Waals surface area contributed by atoms with Gasteiger partial charge in [-0.25, -0.2) is 0 Å². The monoisotopic (exact) mass is 423 g/mol. The van der Waals surface area contributed by atoms with E-state index in [2.05, 4.69) is 5.32 Å². The molecule has 2 amide bonds. The van der Waals surface area contributed by atoms with Gasteiger partial charge in [0.15, 0.2) is 5.78 Å². The van der Waals surface area contributed by atoms with Crippen LogP contribution in [0.5, 0.6) is 5.75 Å². The first-order chi connectivity index (χ1) is 13.6. The Balaban J connectivity index is 0.00000300. The molecular formula is C21H30ClN3O4. The highest BCUT2D eigenvalue weighted by Crippen LogP contribution is 2.19. The molecule has 1 aromatic carbocycles. The number of carbonyl (C=O) groups excluding carboxylic acids is 3. The molecular weight excluding hydrogens is 394 g/mol. The third-order valence-corrected chi connectivity index (χ3v) is 5.52. The lowest BCUT2D eigenvalue weighted by molar-refractivity contribution is -0.140. The molecule has 2 heterocycles. The highest BCUT2D eigenvalue weighted by molar-refractivity contribution is 5.96. The number of nitrogens with one attached hydrogen (secondary N) is 1. The van der Waals surface area contributed by atoms with E-state index >= 15 is 0 Å². The summed E-state index contributed by atoms with van der Waals surface area (Å²) in [5.41, 5.74) is 0.642. The first kappa shape index (κ1) is 23.2. The van der Waals surface area contributed by atoms with Crippen molar-refractivity contribution in [1.82, 2.24) is 15.1 Å². The summed E-state index contributed by atoms with van der Waals surface area (Å²) in [7, 11) is 1.59. The minimum Gasteiger partial charge on any atom is -0.497 e. The predicted molar refractivity (Wildman–Crippen MR) is 113 cm³/mol. The molecule has 160 valence electrons. The van der Waals surface area contributed by atoms with Crippen molar-refractivity contribution in [2.45, 2.75) is 38.1 Å². The normalized spacial score (nSPS) is 19.5. The lowest BCUT2D eigenvalue weighted by atomic mass is 10.0. The van der Waals surface area contributed by atoms with Gasteiger partial charge in [0.05, 0.1) is 13.7 Å². The van der Waals surface area contributed by atoms with Gasteiger partial charge in [-0.15, -0.1) is 12.4 Å². The lowest BCUT2D eigenvalue weighted by Crippen LogP contribution is -2.57. The Labute approximate surface area is 178 Å². The van der Waals surface area contributed by atoms with Crippen molar-refractivity contribution in [1.29, 1.82) is 0 Å². The largest absolute Gasteiger partial charge is 0.497 e. The van der Waals surface area contributed by atoms with Gasteiger partial charge >= 0.3 is 0 Å². The van der Waals surface area contributed by atoms with E-state index in [0.29, 0.717) is 50.2 Å². The molecule has 0 spiro atoms. The number of nitrogens with zero attached hydrogens (tertiary/aromatic N) is 2. The van der Waals surface area contributed by atoms with E-state index in [0.717, 1.165) is 25.9 Å². The maximum Gasteiger partial charge on any atom is 0.236 e. The van der Waals surface area contributed by atoms with Crippen LogP contribution in [0.3, 0.4) is 0 Å². The number of rotatable bonds is 7. The molecule has 2 aliphatic heterocycles. The molecule has 1 unspecified atom stereocenters. The number of hydrogen-bond acceptors (Lipinski definition) is 5. The number of halogens is 1. The minimum atomic E-state index is 0. The van der Waals surface area contributed by atoms with Gasteiger partial charge in [-0.1, -0.05) is 0 Å². The summed E-state index contributed by atoms with van der Waals surface area (Å²) in [4.78, 5) is 40.8. The summed E-state index contributed by atoms with van der Waals surface area (Å²) in [5.74, 6) is 0.957. The van der Waals surface area contributed by atoms with E-state index in [1.807, 2.05) is 9.80 Å². The van der Waals surface area contributed by atoms with Crippen LogP contribution >= 0.6 is 12.4 Å². The number of likely N-dealkylation sites (tertiary alicyclic amines) is 1. The number of hydrogen-bond donors (Lipinski definition) is 1. The fourth-order valence-corrected chi connectivity index (χ4v) is 3.92. The quantitative estimate of drug-likeness (QED) is 0.677. The topological polar surface area (TPSA) is 79.0 Å². The molecule has 1 aromatic rings. The van der Waals surface area contributed by atoms with Crippen molar-refractivity contribution in [3.8, 4) is 5.75 Å². The van der Waals surface area contributed by atoms with E-state index in [-0.39, 0.29) is 36.0 Å². The van der Waals surface area contributed by atoms with Crippen LogP contribution in [0, 0.1) is 0 Å². The van der Waals surface area contributed by atoms with E-state index in [1.54, 1.807) is 31.4 Å². The second-order valence-corrected chi connectivity index (χ2v) is 7.40. The number of methoxy groups -OCH3 is 1. The molecule has 2 fully saturated rings. The zero-order valence-corrected chi connectivity index (χ0v) is 17.7. The molecule has 0 aromatic heterocycles. The van der Waals surface area contributed by atoms with Gasteiger partial charge in [-0.05, 0) is 43.5 Å². The maximum atomic E-state index is 12.6. The van der Waals surface area contributed by atoms with Gasteiger partial charge in [-0.3, -0.25) is 14.4 Å². The minimum absolute atomic E-state index is 0. The Hall–Kier alpha value is -2.12. The number of amides is 2. The van der Waals surface area contributed by atoms with Crippen LogP contribution in [-0.4, -0.2) is 73.3 Å². The molecule has 0 bridgehead atoms. The molecule has 1 atom stereocenters. The molecule has 3 rings (SSSR count). The second kappa shape index (κ2) is 11.2. The highest BCUT2D eigenvalue weighted by atomic mass is 35.5. The van der Waals surface area contributed by atoms with Crippen LogP contribution < -0.4 is 10.1 Å². The van der Waals surface area contributed by atoms with Gasteiger partial charge in [0.2, 0.25) is 11.8 Å². The summed E-state index contributed by atoms with van der Waals surface area (Å²) >= 11 is 0. The van der Waals surface area contributed by atoms with E-state index in [4.69, 9.17) is 4.74 Å². The molecule has 7 nitrogen and oxygen atoms in total. The molecule has 0 saturated carbocycles. The van der Waals surface area contributed by atoms with Crippen LogP contribution in [-0.2, 0) is 9.59 Å². The fraction of sp³-hybridized carbons (Fsp3) is 0.571. The zero-order valence-electron chi connectivity index (χ0n) is 16.9. The van der Waals surface area contributed by atoms with Crippen molar-refractivity contribution in [3.05, 3.63) is 29.8 Å². The molecule has 8 heteroatoms. The fourth-order valence-electron chi connectivity index (χ4n) is 3.92. The molecule has 29 heavy (non-hydrogen) atoms. The SMILES string of the molecule is COc1ccc(C(=O)CCCC(=O)N2CCCC(N3CCNCC3=O)C2)cc1.Cl. The van der Waals surface area contributed by atoms with E-state index in [1.165, 1.54) is 0 Å². The van der Waals surface area contributed by atoms with Crippen LogP contribution in [0.25, 0.3) is 0 Å². The average molecular weight is 424 g/mol. The molecule has 2 saturated heterocycles. The first-order valence-electron chi connectivity index (χ1n) is 10.0. The van der Waals surface area contributed by atoms with Crippen molar-refractivity contribution in [2.75, 3.05) is 39.8 Å². The van der Waals surface area contributed by atoms with Gasteiger partial charge in [0.1, 0.15) is 5.75 Å². The predicted octanol–water partition coefficient (Wildman–Crippen LogP) is 1.89. The van der Waals surface area contributed by atoms with Crippen molar-refractivity contribution in [2.24, 2.45) is 0 Å². The van der Waals surface area contributed by atoms with Crippen molar-refractivity contribution in [3.63, 3.8) is 0 Å². The number of ketones is 1. The maximum absolute atomic E-state index is 12.6. The van der Waals surface area contributed by atoms with Gasteiger partial charge in [0.25, 0.3) is 0 Å². The van der Waals surface area contributed by atoms with Crippen LogP contribution in [0.15, 0.2) is 24.3 Å². The van der Waals surface area contributed by atoms with Gasteiger partial charge in [-0.2, -0.15) is 0 Å². The number of benzene rings is 1. The zero-order chi connectivity index (χ0) is 19.9. The van der Waals surface area contributed by atoms with Crippen molar-refractivity contribution >= 4 is 30.0 Å². The van der Waals surface area contributed by atoms with Crippen molar-refractivity contribution < 1.29 is 19.1 Å². The van der Waals surface area contributed by atoms with Crippen LogP contribution in [0.2, 0.25) is 0 Å². The Kier molecular flexibility index (Phi) is 8.92. The third kappa shape index (κ3) is 6.18. The summed E-state index contributed by atoms with van der Waals surface area (Å²) < 4.78 is 5.10. The summed E-state index contributed by atoms with van der Waals surface area (Å²) in [5, 5.41) is 3.09. The average Bonchev–Trinajstić information content (AvgIpc) is 2.74. The molecule has 2 aliphatic rings. The van der Waals surface area contributed by atoms with Gasteiger partial charge in [0, 0.05) is 50.6 Å². The number of piperidine rings is 1. The van der Waals surface area contributed by atoms with Gasteiger partial charge < -0.3 is 19.9 Å². The van der Waals surface area contributed by atoms with E-state index in [9.17, 15) is 14.4 Å². The Morgan fingerprint density at radius 2 is 1.93 bits per heavy atom. The Morgan fingerprint density at radius 1 is 1.17 bits per heavy atom. The smallest absolute Gasteiger partial charge is 0.236 e.